The molecule has 138 valence electrons. The zero-order valence-electron chi connectivity index (χ0n) is 13.9. The maximum absolute atomic E-state index is 12.2. The highest BCUT2D eigenvalue weighted by molar-refractivity contribution is 5.96. The van der Waals surface area contributed by atoms with Crippen molar-refractivity contribution < 1.29 is 37.4 Å². The maximum Gasteiger partial charge on any atom is 0.387 e. The smallest absolute Gasteiger partial charge is 0.387 e. The minimum atomic E-state index is -3.03. The Morgan fingerprint density at radius 1 is 1.20 bits per heavy atom. The third-order valence-corrected chi connectivity index (χ3v) is 2.89. The quantitative estimate of drug-likeness (QED) is 0.685. The molecular weight excluding hydrogens is 342 g/mol. The first-order chi connectivity index (χ1) is 11.7. The van der Waals surface area contributed by atoms with Gasteiger partial charge in [-0.1, -0.05) is 0 Å². The Morgan fingerprint density at radius 3 is 2.44 bits per heavy atom. The SMILES string of the molecule is COc1cc(C(=O)NCC(=O)OCC(=O)N(C)C)ccc1OC(F)F. The summed E-state index contributed by atoms with van der Waals surface area (Å²) in [5.74, 6) is -2.15. The summed E-state index contributed by atoms with van der Waals surface area (Å²) in [6.07, 6.45) is 0. The van der Waals surface area contributed by atoms with E-state index in [1.165, 1.54) is 38.2 Å². The number of hydrogen-bond donors (Lipinski definition) is 1. The second-order valence-electron chi connectivity index (χ2n) is 4.88. The number of nitrogens with one attached hydrogen (secondary N) is 1. The predicted molar refractivity (Wildman–Crippen MR) is 81.6 cm³/mol. The Morgan fingerprint density at radius 2 is 1.88 bits per heavy atom. The van der Waals surface area contributed by atoms with Crippen molar-refractivity contribution in [2.45, 2.75) is 6.61 Å². The van der Waals surface area contributed by atoms with Crippen molar-refractivity contribution in [2.24, 2.45) is 0 Å². The van der Waals surface area contributed by atoms with Gasteiger partial charge in [-0.15, -0.1) is 0 Å². The molecule has 0 aliphatic carbocycles. The number of methoxy groups -OCH3 is 1. The summed E-state index contributed by atoms with van der Waals surface area (Å²) in [6, 6.07) is 3.57. The minimum absolute atomic E-state index is 0.0629. The molecule has 0 atom stereocenters. The monoisotopic (exact) mass is 360 g/mol. The van der Waals surface area contributed by atoms with Gasteiger partial charge in [0.05, 0.1) is 7.11 Å². The van der Waals surface area contributed by atoms with E-state index in [1.807, 2.05) is 0 Å². The number of alkyl halides is 2. The van der Waals surface area contributed by atoms with E-state index in [0.717, 1.165) is 6.07 Å². The van der Waals surface area contributed by atoms with Crippen LogP contribution in [0.15, 0.2) is 18.2 Å². The van der Waals surface area contributed by atoms with Crippen molar-refractivity contribution in [3.63, 3.8) is 0 Å². The average Bonchev–Trinajstić information content (AvgIpc) is 2.57. The molecule has 1 N–H and O–H groups in total. The van der Waals surface area contributed by atoms with Crippen molar-refractivity contribution in [3.8, 4) is 11.5 Å². The highest BCUT2D eigenvalue weighted by atomic mass is 19.3. The van der Waals surface area contributed by atoms with Crippen LogP contribution in [0.4, 0.5) is 8.78 Å². The van der Waals surface area contributed by atoms with Crippen molar-refractivity contribution in [1.82, 2.24) is 10.2 Å². The Hall–Kier alpha value is -2.91. The fourth-order valence-corrected chi connectivity index (χ4v) is 1.58. The lowest BCUT2D eigenvalue weighted by molar-refractivity contribution is -0.150. The summed E-state index contributed by atoms with van der Waals surface area (Å²) in [5, 5.41) is 2.28. The van der Waals surface area contributed by atoms with Gasteiger partial charge in [-0.2, -0.15) is 8.78 Å². The van der Waals surface area contributed by atoms with Crippen molar-refractivity contribution in [2.75, 3.05) is 34.4 Å². The first-order valence-electron chi connectivity index (χ1n) is 7.01. The fraction of sp³-hybridized carbons (Fsp3) is 0.400. The number of carbonyl (C=O) groups excluding carboxylic acids is 3. The van der Waals surface area contributed by atoms with E-state index in [-0.39, 0.29) is 17.1 Å². The first kappa shape index (κ1) is 20.1. The average molecular weight is 360 g/mol. The van der Waals surface area contributed by atoms with Crippen LogP contribution in [-0.2, 0) is 14.3 Å². The highest BCUT2D eigenvalue weighted by Gasteiger charge is 2.15. The molecule has 0 aliphatic heterocycles. The predicted octanol–water partition coefficient (Wildman–Crippen LogP) is 0.658. The van der Waals surface area contributed by atoms with Crippen LogP contribution in [0.3, 0.4) is 0 Å². The summed E-state index contributed by atoms with van der Waals surface area (Å²) < 4.78 is 38.3. The lowest BCUT2D eigenvalue weighted by Crippen LogP contribution is -2.33. The van der Waals surface area contributed by atoms with E-state index in [4.69, 9.17) is 4.74 Å². The zero-order valence-corrected chi connectivity index (χ0v) is 13.9. The Bertz CT molecular complexity index is 636. The second kappa shape index (κ2) is 9.40. The van der Waals surface area contributed by atoms with Gasteiger partial charge >= 0.3 is 12.6 Å². The Kier molecular flexibility index (Phi) is 7.57. The van der Waals surface area contributed by atoms with Crippen LogP contribution in [-0.4, -0.2) is 63.7 Å². The van der Waals surface area contributed by atoms with Crippen LogP contribution in [0.5, 0.6) is 11.5 Å². The molecule has 1 aromatic carbocycles. The summed E-state index contributed by atoms with van der Waals surface area (Å²) >= 11 is 0. The number of ether oxygens (including phenoxy) is 3. The molecule has 1 rings (SSSR count). The normalized spacial score (nSPS) is 10.2. The lowest BCUT2D eigenvalue weighted by atomic mass is 10.2. The number of likely N-dealkylation sites (N-methyl/N-ethyl adjacent to an activating group) is 1. The van der Waals surface area contributed by atoms with E-state index < -0.39 is 37.5 Å². The molecule has 0 bridgehead atoms. The van der Waals surface area contributed by atoms with E-state index in [0.29, 0.717) is 0 Å². The van der Waals surface area contributed by atoms with Gasteiger partial charge in [0.15, 0.2) is 18.1 Å². The molecule has 0 saturated carbocycles. The maximum atomic E-state index is 12.2. The topological polar surface area (TPSA) is 94.2 Å². The van der Waals surface area contributed by atoms with Gasteiger partial charge in [0.25, 0.3) is 11.8 Å². The van der Waals surface area contributed by atoms with E-state index >= 15 is 0 Å². The lowest BCUT2D eigenvalue weighted by Gasteiger charge is -2.12. The van der Waals surface area contributed by atoms with Crippen LogP contribution in [0.25, 0.3) is 0 Å². The molecule has 0 spiro atoms. The van der Waals surface area contributed by atoms with E-state index in [1.54, 1.807) is 0 Å². The number of rotatable bonds is 8. The fourth-order valence-electron chi connectivity index (χ4n) is 1.58. The first-order valence-corrected chi connectivity index (χ1v) is 7.01. The van der Waals surface area contributed by atoms with Gasteiger partial charge in [0, 0.05) is 19.7 Å². The zero-order chi connectivity index (χ0) is 19.0. The molecule has 25 heavy (non-hydrogen) atoms. The van der Waals surface area contributed by atoms with Gasteiger partial charge in [-0.3, -0.25) is 14.4 Å². The van der Waals surface area contributed by atoms with Crippen LogP contribution in [0, 0.1) is 0 Å². The van der Waals surface area contributed by atoms with Crippen molar-refractivity contribution >= 4 is 17.8 Å². The number of halogens is 2. The Labute approximate surface area is 142 Å². The van der Waals surface area contributed by atoms with Gasteiger partial charge in [-0.05, 0) is 18.2 Å². The third kappa shape index (κ3) is 6.61. The molecule has 0 unspecified atom stereocenters. The number of nitrogens with zero attached hydrogens (tertiary/aromatic N) is 1. The number of benzene rings is 1. The van der Waals surface area contributed by atoms with Gasteiger partial charge < -0.3 is 24.4 Å². The van der Waals surface area contributed by atoms with Crippen LogP contribution < -0.4 is 14.8 Å². The van der Waals surface area contributed by atoms with Crippen molar-refractivity contribution in [1.29, 1.82) is 0 Å². The molecule has 0 fully saturated rings. The molecular formula is C15H18F2N2O6. The van der Waals surface area contributed by atoms with Crippen molar-refractivity contribution in [3.05, 3.63) is 23.8 Å². The van der Waals surface area contributed by atoms with E-state index in [2.05, 4.69) is 14.8 Å². The number of carbonyl (C=O) groups is 3. The highest BCUT2D eigenvalue weighted by Crippen LogP contribution is 2.29. The molecule has 0 heterocycles. The molecule has 10 heteroatoms. The number of esters is 1. The van der Waals surface area contributed by atoms with Crippen LogP contribution in [0.2, 0.25) is 0 Å². The molecule has 0 aromatic heterocycles. The Balaban J connectivity index is 2.60. The second-order valence-corrected chi connectivity index (χ2v) is 4.88. The minimum Gasteiger partial charge on any atom is -0.493 e. The molecule has 0 saturated heterocycles. The van der Waals surface area contributed by atoms with Gasteiger partial charge in [0.2, 0.25) is 0 Å². The largest absolute Gasteiger partial charge is 0.493 e. The van der Waals surface area contributed by atoms with Crippen LogP contribution in [0.1, 0.15) is 10.4 Å². The van der Waals surface area contributed by atoms with Crippen LogP contribution >= 0.6 is 0 Å². The number of hydrogen-bond acceptors (Lipinski definition) is 6. The van der Waals surface area contributed by atoms with Gasteiger partial charge in [0.1, 0.15) is 6.54 Å². The summed E-state index contributed by atoms with van der Waals surface area (Å²) in [5.41, 5.74) is 0.0654. The molecule has 1 aromatic rings. The standard InChI is InChI=1S/C15H18F2N2O6/c1-19(2)12(20)8-24-13(21)7-18-14(22)9-4-5-10(25-15(16)17)11(6-9)23-3/h4-6,15H,7-8H2,1-3H3,(H,18,22). The molecule has 8 nitrogen and oxygen atoms in total. The van der Waals surface area contributed by atoms with Gasteiger partial charge in [-0.25, -0.2) is 0 Å². The summed E-state index contributed by atoms with van der Waals surface area (Å²) in [4.78, 5) is 35.9. The molecule has 2 amide bonds. The number of amides is 2. The summed E-state index contributed by atoms with van der Waals surface area (Å²) in [7, 11) is 4.24. The molecule has 0 radical (unpaired) electrons. The summed E-state index contributed by atoms with van der Waals surface area (Å²) in [6.45, 7) is -3.93. The molecule has 0 aliphatic rings. The third-order valence-electron chi connectivity index (χ3n) is 2.89. The van der Waals surface area contributed by atoms with E-state index in [9.17, 15) is 23.2 Å².